The highest BCUT2D eigenvalue weighted by molar-refractivity contribution is 6.51. The number of aliphatic hydroxyl groups excluding tert-OH is 1. The number of hydrogen-bond acceptors (Lipinski definition) is 5. The number of amides is 1. The maximum absolute atomic E-state index is 13.1. The fourth-order valence-corrected chi connectivity index (χ4v) is 3.87. The van der Waals surface area contributed by atoms with Gasteiger partial charge in [0, 0.05) is 18.9 Å². The smallest absolute Gasteiger partial charge is 0.338 e. The molecule has 2 heterocycles. The fourth-order valence-electron chi connectivity index (χ4n) is 3.87. The van der Waals surface area contributed by atoms with Gasteiger partial charge in [0.1, 0.15) is 5.76 Å². The molecule has 0 radical (unpaired) electrons. The molecule has 1 atom stereocenters. The van der Waals surface area contributed by atoms with Gasteiger partial charge in [0.25, 0.3) is 11.7 Å². The first-order chi connectivity index (χ1) is 15.4. The summed E-state index contributed by atoms with van der Waals surface area (Å²) < 4.78 is 6.69. The molecule has 32 heavy (non-hydrogen) atoms. The Morgan fingerprint density at radius 3 is 2.28 bits per heavy atom. The molecule has 2 aromatic carbocycles. The number of hydrogen-bond donors (Lipinski definition) is 1. The van der Waals surface area contributed by atoms with Crippen molar-refractivity contribution in [2.24, 2.45) is 7.05 Å². The lowest BCUT2D eigenvalue weighted by molar-refractivity contribution is -0.132. The molecule has 7 nitrogen and oxygen atoms in total. The van der Waals surface area contributed by atoms with Gasteiger partial charge in [-0.3, -0.25) is 14.5 Å². The van der Waals surface area contributed by atoms with Crippen molar-refractivity contribution < 1.29 is 24.2 Å². The maximum Gasteiger partial charge on any atom is 0.338 e. The van der Waals surface area contributed by atoms with E-state index in [-0.39, 0.29) is 17.9 Å². The average Bonchev–Trinajstić information content (AvgIpc) is 3.35. The Labute approximate surface area is 185 Å². The van der Waals surface area contributed by atoms with Crippen molar-refractivity contribution in [3.63, 3.8) is 0 Å². The SMILES string of the molecule is CCOC(=O)c1ccc(N2C(=O)C(=O)/C(=C(\O)c3cccn3C)C2c2ccccc2)cc1. The predicted molar refractivity (Wildman–Crippen MR) is 119 cm³/mol. The fraction of sp³-hybridized carbons (Fsp3) is 0.160. The largest absolute Gasteiger partial charge is 0.505 e. The van der Waals surface area contributed by atoms with Crippen molar-refractivity contribution in [3.8, 4) is 0 Å². The first-order valence-electron chi connectivity index (χ1n) is 10.2. The van der Waals surface area contributed by atoms with Crippen LogP contribution in [0.2, 0.25) is 0 Å². The van der Waals surface area contributed by atoms with Gasteiger partial charge in [-0.15, -0.1) is 0 Å². The van der Waals surface area contributed by atoms with E-state index in [4.69, 9.17) is 4.74 Å². The van der Waals surface area contributed by atoms with Crippen molar-refractivity contribution in [1.82, 2.24) is 4.57 Å². The van der Waals surface area contributed by atoms with Crippen LogP contribution in [-0.2, 0) is 21.4 Å². The van der Waals surface area contributed by atoms with Gasteiger partial charge in [0.05, 0.1) is 29.5 Å². The molecule has 3 aromatic rings. The molecule has 0 bridgehead atoms. The van der Waals surface area contributed by atoms with Gasteiger partial charge in [-0.2, -0.15) is 0 Å². The molecule has 1 fully saturated rings. The summed E-state index contributed by atoms with van der Waals surface area (Å²) in [5.41, 5.74) is 1.89. The number of carbonyl (C=O) groups is 3. The molecule has 1 saturated heterocycles. The lowest BCUT2D eigenvalue weighted by atomic mass is 9.96. The molecular formula is C25H22N2O5. The number of Topliss-reactive ketones (excluding diaryl/α,β-unsaturated/α-hetero) is 1. The molecule has 4 rings (SSSR count). The minimum atomic E-state index is -0.820. The molecule has 1 amide bonds. The number of esters is 1. The summed E-state index contributed by atoms with van der Waals surface area (Å²) in [4.78, 5) is 39.5. The van der Waals surface area contributed by atoms with E-state index >= 15 is 0 Å². The summed E-state index contributed by atoms with van der Waals surface area (Å²) in [6.45, 7) is 1.97. The van der Waals surface area contributed by atoms with Crippen molar-refractivity contribution in [2.45, 2.75) is 13.0 Å². The first kappa shape index (κ1) is 21.1. The van der Waals surface area contributed by atoms with Gasteiger partial charge >= 0.3 is 5.97 Å². The predicted octanol–water partition coefficient (Wildman–Crippen LogP) is 3.83. The van der Waals surface area contributed by atoms with E-state index in [0.29, 0.717) is 22.5 Å². The number of ether oxygens (including phenoxy) is 1. The first-order valence-corrected chi connectivity index (χ1v) is 10.2. The molecule has 0 saturated carbocycles. The molecule has 0 aliphatic carbocycles. The number of aromatic nitrogens is 1. The zero-order valence-electron chi connectivity index (χ0n) is 17.7. The van der Waals surface area contributed by atoms with Gasteiger partial charge in [-0.05, 0) is 48.9 Å². The van der Waals surface area contributed by atoms with Crippen molar-refractivity contribution in [1.29, 1.82) is 0 Å². The number of benzene rings is 2. The van der Waals surface area contributed by atoms with E-state index in [1.54, 1.807) is 73.3 Å². The second-order valence-corrected chi connectivity index (χ2v) is 7.35. The molecule has 1 unspecified atom stereocenters. The summed E-state index contributed by atoms with van der Waals surface area (Å²) in [6, 6.07) is 17.9. The highest BCUT2D eigenvalue weighted by Gasteiger charge is 2.47. The minimum Gasteiger partial charge on any atom is -0.505 e. The van der Waals surface area contributed by atoms with Crippen LogP contribution in [0.5, 0.6) is 0 Å². The van der Waals surface area contributed by atoms with E-state index in [1.165, 1.54) is 4.90 Å². The van der Waals surface area contributed by atoms with Gasteiger partial charge in [-0.25, -0.2) is 4.79 Å². The number of aliphatic hydroxyl groups is 1. The lowest BCUT2D eigenvalue weighted by Crippen LogP contribution is -2.29. The molecule has 1 N–H and O–H groups in total. The third kappa shape index (κ3) is 3.58. The summed E-state index contributed by atoms with van der Waals surface area (Å²) in [5, 5.41) is 11.0. The van der Waals surface area contributed by atoms with E-state index in [2.05, 4.69) is 0 Å². The Kier molecular flexibility index (Phi) is 5.64. The maximum atomic E-state index is 13.1. The van der Waals surface area contributed by atoms with E-state index < -0.39 is 23.7 Å². The van der Waals surface area contributed by atoms with Crippen LogP contribution in [0.4, 0.5) is 5.69 Å². The second kappa shape index (κ2) is 8.55. The number of aryl methyl sites for hydroxylation is 1. The third-order valence-electron chi connectivity index (χ3n) is 5.40. The Balaban J connectivity index is 1.85. The van der Waals surface area contributed by atoms with Crippen molar-refractivity contribution >= 4 is 29.1 Å². The Morgan fingerprint density at radius 2 is 1.69 bits per heavy atom. The number of anilines is 1. The van der Waals surface area contributed by atoms with Crippen LogP contribution in [0.15, 0.2) is 78.5 Å². The van der Waals surface area contributed by atoms with Crippen LogP contribution >= 0.6 is 0 Å². The zero-order valence-corrected chi connectivity index (χ0v) is 17.7. The van der Waals surface area contributed by atoms with E-state index in [1.807, 2.05) is 18.2 Å². The average molecular weight is 430 g/mol. The zero-order chi connectivity index (χ0) is 22.8. The van der Waals surface area contributed by atoms with E-state index in [9.17, 15) is 19.5 Å². The molecule has 162 valence electrons. The molecular weight excluding hydrogens is 408 g/mol. The van der Waals surface area contributed by atoms with E-state index in [0.717, 1.165) is 0 Å². The molecule has 7 heteroatoms. The molecule has 0 spiro atoms. The summed E-state index contributed by atoms with van der Waals surface area (Å²) in [6.07, 6.45) is 1.75. The van der Waals surface area contributed by atoms with Crippen molar-refractivity contribution in [2.75, 3.05) is 11.5 Å². The molecule has 1 aliphatic rings. The van der Waals surface area contributed by atoms with Gasteiger partial charge < -0.3 is 14.4 Å². The highest BCUT2D eigenvalue weighted by atomic mass is 16.5. The standard InChI is InChI=1S/C25H22N2O5/c1-3-32-25(31)17-11-13-18(14-12-17)27-21(16-8-5-4-6-9-16)20(23(29)24(27)30)22(28)19-10-7-15-26(19)2/h4-15,21,28H,3H2,1-2H3/b22-20-. The number of ketones is 1. The Hall–Kier alpha value is -4.13. The topological polar surface area (TPSA) is 88.8 Å². The summed E-state index contributed by atoms with van der Waals surface area (Å²) in [7, 11) is 1.75. The van der Waals surface area contributed by atoms with Crippen LogP contribution in [0.25, 0.3) is 5.76 Å². The van der Waals surface area contributed by atoms with Crippen LogP contribution < -0.4 is 4.90 Å². The van der Waals surface area contributed by atoms with Crippen LogP contribution in [0.3, 0.4) is 0 Å². The van der Waals surface area contributed by atoms with Crippen LogP contribution in [-0.4, -0.2) is 33.9 Å². The molecule has 1 aromatic heterocycles. The van der Waals surface area contributed by atoms with Crippen LogP contribution in [0, 0.1) is 0 Å². The van der Waals surface area contributed by atoms with Gasteiger partial charge in [0.2, 0.25) is 0 Å². The third-order valence-corrected chi connectivity index (χ3v) is 5.40. The second-order valence-electron chi connectivity index (χ2n) is 7.35. The highest BCUT2D eigenvalue weighted by Crippen LogP contribution is 2.42. The minimum absolute atomic E-state index is 0.0115. The van der Waals surface area contributed by atoms with Gasteiger partial charge in [0.15, 0.2) is 0 Å². The van der Waals surface area contributed by atoms with Gasteiger partial charge in [-0.1, -0.05) is 30.3 Å². The number of carbonyl (C=O) groups excluding carboxylic acids is 3. The normalized spacial score (nSPS) is 17.6. The Morgan fingerprint density at radius 1 is 1.00 bits per heavy atom. The molecule has 1 aliphatic heterocycles. The summed E-state index contributed by atoms with van der Waals surface area (Å²) in [5.74, 6) is -2.23. The lowest BCUT2D eigenvalue weighted by Gasteiger charge is -2.25. The monoisotopic (exact) mass is 430 g/mol. The number of nitrogens with zero attached hydrogens (tertiary/aromatic N) is 2. The summed E-state index contributed by atoms with van der Waals surface area (Å²) >= 11 is 0. The van der Waals surface area contributed by atoms with Crippen LogP contribution in [0.1, 0.15) is 34.6 Å². The Bertz CT molecular complexity index is 1210. The number of rotatable bonds is 5. The quantitative estimate of drug-likeness (QED) is 0.288. The van der Waals surface area contributed by atoms with Crippen molar-refractivity contribution in [3.05, 3.63) is 95.3 Å².